The van der Waals surface area contributed by atoms with Crippen molar-refractivity contribution in [1.82, 2.24) is 0 Å². The summed E-state index contributed by atoms with van der Waals surface area (Å²) in [6.07, 6.45) is 13.9. The number of rotatable bonds is 4. The summed E-state index contributed by atoms with van der Waals surface area (Å²) >= 11 is -2.41. The van der Waals surface area contributed by atoms with E-state index >= 15 is 0 Å². The predicted molar refractivity (Wildman–Crippen MR) is 161 cm³/mol. The van der Waals surface area contributed by atoms with Crippen LogP contribution in [0.2, 0.25) is 3.63 Å². The number of allylic oxidation sites excluding steroid dienone is 4. The van der Waals surface area contributed by atoms with Crippen LogP contribution in [-0.4, -0.2) is 3.21 Å². The van der Waals surface area contributed by atoms with E-state index in [-0.39, 0.29) is 10.8 Å². The Balaban J connectivity index is 1.68. The average Bonchev–Trinajstić information content (AvgIpc) is 3.48. The van der Waals surface area contributed by atoms with Crippen molar-refractivity contribution in [2.45, 2.75) is 78.9 Å². The van der Waals surface area contributed by atoms with Crippen LogP contribution in [0.3, 0.4) is 0 Å². The van der Waals surface area contributed by atoms with Gasteiger partial charge in [-0.3, -0.25) is 0 Å². The molecule has 3 aliphatic carbocycles. The summed E-state index contributed by atoms with van der Waals surface area (Å²) in [6.45, 7) is 14.2. The zero-order chi connectivity index (χ0) is 26.7. The van der Waals surface area contributed by atoms with Crippen LogP contribution in [-0.2, 0) is 32.1 Å². The maximum atomic E-state index is 2.61. The van der Waals surface area contributed by atoms with E-state index < -0.39 is 21.3 Å². The SMILES string of the molecule is CC(C)(C)c1ccc2c(c1)[CH]([Zr](=[C](c1ccccc1)C1CCC1)[CH]1C=CC=C1)c1cc(C(C)(C)C)ccc1-2. The van der Waals surface area contributed by atoms with Gasteiger partial charge in [-0.2, -0.15) is 0 Å². The van der Waals surface area contributed by atoms with Gasteiger partial charge in [0.25, 0.3) is 0 Å². The van der Waals surface area contributed by atoms with Gasteiger partial charge in [-0.25, -0.2) is 0 Å². The van der Waals surface area contributed by atoms with E-state index in [0.29, 0.717) is 7.25 Å². The summed E-state index contributed by atoms with van der Waals surface area (Å²) in [5.74, 6) is 0.762. The fraction of sp³-hybridized carbons (Fsp3) is 0.378. The second-order valence-electron chi connectivity index (χ2n) is 13.7. The Morgan fingerprint density at radius 3 is 1.66 bits per heavy atom. The van der Waals surface area contributed by atoms with E-state index in [4.69, 9.17) is 0 Å². The van der Waals surface area contributed by atoms with Crippen LogP contribution in [0.4, 0.5) is 0 Å². The number of fused-ring (bicyclic) bond motifs is 3. The van der Waals surface area contributed by atoms with Gasteiger partial charge in [-0.1, -0.05) is 0 Å². The van der Waals surface area contributed by atoms with E-state index in [1.807, 2.05) is 3.21 Å². The van der Waals surface area contributed by atoms with Gasteiger partial charge in [0, 0.05) is 0 Å². The predicted octanol–water partition coefficient (Wildman–Crippen LogP) is 9.90. The monoisotopic (exact) mass is 576 g/mol. The number of benzene rings is 3. The quantitative estimate of drug-likeness (QED) is 0.289. The minimum atomic E-state index is -2.41. The van der Waals surface area contributed by atoms with Crippen LogP contribution >= 0.6 is 0 Å². The van der Waals surface area contributed by atoms with Crippen LogP contribution in [0, 0.1) is 5.92 Å². The van der Waals surface area contributed by atoms with Gasteiger partial charge < -0.3 is 0 Å². The molecular formula is C37H42Zr. The first-order valence-corrected chi connectivity index (χ1v) is 18.6. The van der Waals surface area contributed by atoms with Gasteiger partial charge in [-0.15, -0.1) is 0 Å². The molecule has 0 nitrogen and oxygen atoms in total. The molecule has 0 radical (unpaired) electrons. The van der Waals surface area contributed by atoms with Crippen molar-refractivity contribution < 1.29 is 21.3 Å². The molecule has 0 spiro atoms. The van der Waals surface area contributed by atoms with Crippen LogP contribution < -0.4 is 0 Å². The van der Waals surface area contributed by atoms with Crippen molar-refractivity contribution >= 4 is 3.21 Å². The van der Waals surface area contributed by atoms with Gasteiger partial charge in [0.15, 0.2) is 0 Å². The molecule has 0 atom stereocenters. The molecule has 3 aliphatic rings. The fourth-order valence-corrected chi connectivity index (χ4v) is 16.7. The van der Waals surface area contributed by atoms with Crippen molar-refractivity contribution in [2.24, 2.45) is 5.92 Å². The van der Waals surface area contributed by atoms with E-state index in [0.717, 1.165) is 5.92 Å². The molecule has 0 N–H and O–H groups in total. The molecule has 0 saturated heterocycles. The first kappa shape index (κ1) is 26.1. The average molecular weight is 578 g/mol. The van der Waals surface area contributed by atoms with Crippen molar-refractivity contribution in [2.75, 3.05) is 0 Å². The summed E-state index contributed by atoms with van der Waals surface area (Å²) in [4.78, 5) is 0. The van der Waals surface area contributed by atoms with Crippen LogP contribution in [0.25, 0.3) is 11.1 Å². The Morgan fingerprint density at radius 2 is 1.21 bits per heavy atom. The molecule has 194 valence electrons. The fourth-order valence-electron chi connectivity index (χ4n) is 6.65. The molecule has 3 aromatic carbocycles. The molecule has 0 unspecified atom stereocenters. The Kier molecular flexibility index (Phi) is 6.75. The third-order valence-corrected chi connectivity index (χ3v) is 18.1. The second-order valence-corrected chi connectivity index (χ2v) is 20.3. The first-order valence-electron chi connectivity index (χ1n) is 14.6. The molecule has 0 aliphatic heterocycles. The van der Waals surface area contributed by atoms with E-state index in [9.17, 15) is 0 Å². The molecule has 0 heterocycles. The number of hydrogen-bond donors (Lipinski definition) is 0. The van der Waals surface area contributed by atoms with Crippen LogP contribution in [0.15, 0.2) is 91.0 Å². The van der Waals surface area contributed by atoms with Gasteiger partial charge >= 0.3 is 239 Å². The topological polar surface area (TPSA) is 0 Å². The molecular weight excluding hydrogens is 536 g/mol. The van der Waals surface area contributed by atoms with Gasteiger partial charge in [0.1, 0.15) is 0 Å². The van der Waals surface area contributed by atoms with Crippen LogP contribution in [0.1, 0.15) is 92.2 Å². The Morgan fingerprint density at radius 1 is 0.684 bits per heavy atom. The standard InChI is InChI=1S/C21H25.C11H12.C5H5.Zr/c1-20(2,3)16-7-9-18-14(12-16)11-15-13-17(21(4,5)6)8-10-19(15)18;1-2-5-10(6-3-1)9-11-7-4-8-11;1-2-4-5-3-1;/h7-13H,1-6H3;1-3,5-6,11H,4,7-8H2;1-5H;. The van der Waals surface area contributed by atoms with E-state index in [2.05, 4.69) is 133 Å². The van der Waals surface area contributed by atoms with Gasteiger partial charge in [0.05, 0.1) is 0 Å². The van der Waals surface area contributed by atoms with Crippen molar-refractivity contribution in [3.63, 3.8) is 0 Å². The molecule has 6 rings (SSSR count). The van der Waals surface area contributed by atoms with E-state index in [1.165, 1.54) is 47.1 Å². The van der Waals surface area contributed by atoms with E-state index in [1.54, 1.807) is 11.1 Å². The second kappa shape index (κ2) is 9.82. The number of hydrogen-bond acceptors (Lipinski definition) is 0. The zero-order valence-electron chi connectivity index (χ0n) is 24.0. The van der Waals surface area contributed by atoms with Crippen molar-refractivity contribution in [3.8, 4) is 11.1 Å². The first-order chi connectivity index (χ1) is 18.1. The maximum absolute atomic E-state index is 2.61. The summed E-state index contributed by atoms with van der Waals surface area (Å²) in [5, 5.41) is 0. The Labute approximate surface area is 238 Å². The third-order valence-electron chi connectivity index (χ3n) is 9.07. The molecule has 0 bridgehead atoms. The molecule has 1 heteroatoms. The summed E-state index contributed by atoms with van der Waals surface area (Å²) < 4.78 is 3.03. The van der Waals surface area contributed by atoms with Gasteiger partial charge in [-0.05, 0) is 0 Å². The molecule has 0 aromatic heterocycles. The zero-order valence-corrected chi connectivity index (χ0v) is 26.5. The van der Waals surface area contributed by atoms with Crippen molar-refractivity contribution in [3.05, 3.63) is 119 Å². The normalized spacial score (nSPS) is 18.4. The van der Waals surface area contributed by atoms with Crippen LogP contribution in [0.5, 0.6) is 0 Å². The molecule has 38 heavy (non-hydrogen) atoms. The van der Waals surface area contributed by atoms with Gasteiger partial charge in [0.2, 0.25) is 0 Å². The Hall–Kier alpha value is -2.11. The third kappa shape index (κ3) is 4.64. The summed E-state index contributed by atoms with van der Waals surface area (Å²) in [6, 6.07) is 26.5. The van der Waals surface area contributed by atoms with Crippen molar-refractivity contribution in [1.29, 1.82) is 0 Å². The molecule has 3 aromatic rings. The molecule has 1 fully saturated rings. The summed E-state index contributed by atoms with van der Waals surface area (Å²) in [5.41, 5.74) is 11.0. The minimum absolute atomic E-state index is 0.140. The summed E-state index contributed by atoms with van der Waals surface area (Å²) in [7, 11) is 0. The molecule has 0 amide bonds. The molecule has 1 saturated carbocycles. The Bertz CT molecular complexity index is 1370.